The topological polar surface area (TPSA) is 9.23 Å². The Morgan fingerprint density at radius 2 is 1.95 bits per heavy atom. The van der Waals surface area contributed by atoms with Crippen LogP contribution in [-0.2, 0) is 12.8 Å². The van der Waals surface area contributed by atoms with E-state index in [9.17, 15) is 0 Å². The van der Waals surface area contributed by atoms with Gasteiger partial charge in [-0.3, -0.25) is 0 Å². The van der Waals surface area contributed by atoms with Gasteiger partial charge in [0.05, 0.1) is 7.11 Å². The number of hydrogen-bond donors (Lipinski definition) is 0. The van der Waals surface area contributed by atoms with Crippen LogP contribution >= 0.6 is 0 Å². The van der Waals surface area contributed by atoms with Crippen molar-refractivity contribution in [1.29, 1.82) is 0 Å². The summed E-state index contributed by atoms with van der Waals surface area (Å²) in [4.78, 5) is 0. The van der Waals surface area contributed by atoms with Crippen LogP contribution in [-0.4, -0.2) is 7.11 Å². The van der Waals surface area contributed by atoms with Crippen molar-refractivity contribution in [3.63, 3.8) is 0 Å². The highest BCUT2D eigenvalue weighted by atomic mass is 16.5. The Bertz CT molecular complexity index is 712. The molecule has 0 heterocycles. The lowest BCUT2D eigenvalue weighted by atomic mass is 9.81. The molecule has 0 saturated heterocycles. The van der Waals surface area contributed by atoms with Crippen molar-refractivity contribution < 1.29 is 4.74 Å². The predicted octanol–water partition coefficient (Wildman–Crippen LogP) is 5.34. The van der Waals surface area contributed by atoms with E-state index in [1.165, 1.54) is 48.4 Å². The number of methoxy groups -OCH3 is 1. The summed E-state index contributed by atoms with van der Waals surface area (Å²) >= 11 is 0. The third-order valence-electron chi connectivity index (χ3n) is 5.50. The van der Waals surface area contributed by atoms with Crippen molar-refractivity contribution in [3.8, 4) is 5.75 Å². The number of rotatable bonds is 2. The first-order valence-electron chi connectivity index (χ1n) is 8.35. The van der Waals surface area contributed by atoms with Crippen LogP contribution in [0.25, 0.3) is 10.8 Å². The zero-order valence-corrected chi connectivity index (χ0v) is 13.3. The van der Waals surface area contributed by atoms with Gasteiger partial charge in [0.25, 0.3) is 0 Å². The molecule has 1 nitrogen and oxygen atoms in total. The average molecular weight is 280 g/mol. The van der Waals surface area contributed by atoms with E-state index in [0.29, 0.717) is 5.92 Å². The lowest BCUT2D eigenvalue weighted by Crippen LogP contribution is -2.08. The first kappa shape index (κ1) is 13.2. The van der Waals surface area contributed by atoms with Gasteiger partial charge in [-0.15, -0.1) is 0 Å². The van der Waals surface area contributed by atoms with E-state index >= 15 is 0 Å². The monoisotopic (exact) mass is 280 g/mol. The molecule has 0 bridgehead atoms. The van der Waals surface area contributed by atoms with Gasteiger partial charge >= 0.3 is 0 Å². The molecule has 1 heteroatoms. The van der Waals surface area contributed by atoms with E-state index in [1.54, 1.807) is 23.8 Å². The van der Waals surface area contributed by atoms with Crippen molar-refractivity contribution in [3.05, 3.63) is 40.5 Å². The van der Waals surface area contributed by atoms with E-state index in [-0.39, 0.29) is 0 Å². The molecule has 2 aliphatic rings. The summed E-state index contributed by atoms with van der Waals surface area (Å²) in [6.07, 6.45) is 6.65. The van der Waals surface area contributed by atoms with Crippen LogP contribution < -0.4 is 4.74 Å². The third-order valence-corrected chi connectivity index (χ3v) is 5.50. The standard InChI is InChI=1S/C20H24O/c1-12(2)17-10-15-9-14-8-7-13-5-4-6-16(20(13)14)18(15)11-19(17)21-3/h9-13H,4-8H2,1-3H3/t13-/m1/s1. The quantitative estimate of drug-likeness (QED) is 0.721. The van der Waals surface area contributed by atoms with E-state index in [2.05, 4.69) is 32.0 Å². The largest absolute Gasteiger partial charge is 0.496 e. The molecule has 4 rings (SSSR count). The van der Waals surface area contributed by atoms with Gasteiger partial charge in [0.1, 0.15) is 5.75 Å². The number of fused-ring (bicyclic) bond motifs is 2. The Morgan fingerprint density at radius 3 is 2.71 bits per heavy atom. The third kappa shape index (κ3) is 1.90. The van der Waals surface area contributed by atoms with Crippen molar-refractivity contribution in [2.24, 2.45) is 0 Å². The van der Waals surface area contributed by atoms with Crippen molar-refractivity contribution in [2.75, 3.05) is 7.11 Å². The van der Waals surface area contributed by atoms with Crippen molar-refractivity contribution in [2.45, 2.75) is 57.8 Å². The van der Waals surface area contributed by atoms with Gasteiger partial charge in [-0.1, -0.05) is 19.9 Å². The minimum atomic E-state index is 0.502. The Kier molecular flexibility index (Phi) is 2.99. The molecule has 2 aliphatic carbocycles. The highest BCUT2D eigenvalue weighted by molar-refractivity contribution is 5.91. The van der Waals surface area contributed by atoms with Crippen LogP contribution in [0.15, 0.2) is 18.2 Å². The normalized spacial score (nSPS) is 20.1. The molecule has 2 aromatic carbocycles. The van der Waals surface area contributed by atoms with Crippen LogP contribution in [0, 0.1) is 0 Å². The second-order valence-electron chi connectivity index (χ2n) is 7.03. The average Bonchev–Trinajstić information content (AvgIpc) is 2.91. The molecule has 0 spiro atoms. The van der Waals surface area contributed by atoms with Gasteiger partial charge < -0.3 is 4.74 Å². The minimum Gasteiger partial charge on any atom is -0.496 e. The van der Waals surface area contributed by atoms with Crippen LogP contribution in [0.5, 0.6) is 5.75 Å². The number of hydrogen-bond acceptors (Lipinski definition) is 1. The smallest absolute Gasteiger partial charge is 0.122 e. The Hall–Kier alpha value is -1.50. The molecule has 0 amide bonds. The molecule has 0 fully saturated rings. The van der Waals surface area contributed by atoms with E-state index < -0.39 is 0 Å². The fourth-order valence-corrected chi connectivity index (χ4v) is 4.50. The van der Waals surface area contributed by atoms with Gasteiger partial charge in [-0.25, -0.2) is 0 Å². The maximum Gasteiger partial charge on any atom is 0.122 e. The molecule has 0 aliphatic heterocycles. The summed E-state index contributed by atoms with van der Waals surface area (Å²) in [6.45, 7) is 4.49. The summed E-state index contributed by atoms with van der Waals surface area (Å²) in [5.41, 5.74) is 6.29. The van der Waals surface area contributed by atoms with Crippen LogP contribution in [0.1, 0.15) is 67.2 Å². The molecule has 21 heavy (non-hydrogen) atoms. The van der Waals surface area contributed by atoms with Gasteiger partial charge in [-0.2, -0.15) is 0 Å². The Balaban J connectivity index is 2.03. The number of ether oxygens (including phenoxy) is 1. The van der Waals surface area contributed by atoms with Gasteiger partial charge in [0, 0.05) is 0 Å². The molecule has 0 N–H and O–H groups in total. The van der Waals surface area contributed by atoms with E-state index in [0.717, 1.165) is 11.7 Å². The molecule has 0 saturated carbocycles. The molecule has 2 aromatic rings. The summed E-state index contributed by atoms with van der Waals surface area (Å²) < 4.78 is 5.68. The molecule has 0 unspecified atom stereocenters. The first-order valence-corrected chi connectivity index (χ1v) is 8.35. The lowest BCUT2D eigenvalue weighted by molar-refractivity contribution is 0.408. The zero-order valence-electron chi connectivity index (χ0n) is 13.3. The Labute approximate surface area is 127 Å². The summed E-state index contributed by atoms with van der Waals surface area (Å²) in [5.74, 6) is 2.40. The minimum absolute atomic E-state index is 0.502. The van der Waals surface area contributed by atoms with Crippen LogP contribution in [0.4, 0.5) is 0 Å². The maximum absolute atomic E-state index is 5.68. The fraction of sp³-hybridized carbons (Fsp3) is 0.500. The molecular weight excluding hydrogens is 256 g/mol. The summed E-state index contributed by atoms with van der Waals surface area (Å²) in [6, 6.07) is 7.14. The molecule has 0 aromatic heterocycles. The molecular formula is C20H24O. The molecule has 1 atom stereocenters. The van der Waals surface area contributed by atoms with Gasteiger partial charge in [0.15, 0.2) is 0 Å². The predicted molar refractivity (Wildman–Crippen MR) is 88.6 cm³/mol. The first-order chi connectivity index (χ1) is 10.2. The maximum atomic E-state index is 5.68. The van der Waals surface area contributed by atoms with Crippen molar-refractivity contribution >= 4 is 10.8 Å². The zero-order chi connectivity index (χ0) is 14.6. The van der Waals surface area contributed by atoms with Crippen molar-refractivity contribution in [1.82, 2.24) is 0 Å². The highest BCUT2D eigenvalue weighted by Gasteiger charge is 2.30. The second kappa shape index (κ2) is 4.76. The summed E-state index contributed by atoms with van der Waals surface area (Å²) in [7, 11) is 1.80. The second-order valence-corrected chi connectivity index (χ2v) is 7.03. The van der Waals surface area contributed by atoms with Gasteiger partial charge in [-0.05, 0) is 89.1 Å². The van der Waals surface area contributed by atoms with Gasteiger partial charge in [0.2, 0.25) is 0 Å². The van der Waals surface area contributed by atoms with E-state index in [1.807, 2.05) is 0 Å². The number of aryl methyl sites for hydroxylation is 2. The highest BCUT2D eigenvalue weighted by Crippen LogP contribution is 2.46. The van der Waals surface area contributed by atoms with Crippen LogP contribution in [0.2, 0.25) is 0 Å². The SMILES string of the molecule is COc1cc2c3c4c(cc2cc1C(C)C)CC[C@H]4CCC3. The lowest BCUT2D eigenvalue weighted by Gasteiger charge is -2.24. The number of benzene rings is 2. The Morgan fingerprint density at radius 1 is 1.10 bits per heavy atom. The van der Waals surface area contributed by atoms with Crippen LogP contribution in [0.3, 0.4) is 0 Å². The molecule has 0 radical (unpaired) electrons. The summed E-state index contributed by atoms with van der Waals surface area (Å²) in [5, 5.41) is 2.87. The fourth-order valence-electron chi connectivity index (χ4n) is 4.50. The van der Waals surface area contributed by atoms with E-state index in [4.69, 9.17) is 4.74 Å². The molecule has 110 valence electrons.